The van der Waals surface area contributed by atoms with Gasteiger partial charge in [-0.1, -0.05) is 25.1 Å². The highest BCUT2D eigenvalue weighted by Crippen LogP contribution is 2.45. The van der Waals surface area contributed by atoms with Gasteiger partial charge in [0.15, 0.2) is 0 Å². The molecule has 1 aromatic carbocycles. The first-order valence-corrected chi connectivity index (χ1v) is 7.42. The summed E-state index contributed by atoms with van der Waals surface area (Å²) in [6.07, 6.45) is 3.22. The largest absolute Gasteiger partial charge is 0.396 e. The first-order valence-electron chi connectivity index (χ1n) is 7.42. The number of aromatic nitrogens is 1. The monoisotopic (exact) mass is 270 g/mol. The van der Waals surface area contributed by atoms with E-state index in [1.807, 2.05) is 6.07 Å². The summed E-state index contributed by atoms with van der Waals surface area (Å²) in [6.45, 7) is 5.38. The molecule has 106 valence electrons. The summed E-state index contributed by atoms with van der Waals surface area (Å²) in [5, 5.41) is 14.3. The molecule has 2 N–H and O–H groups in total. The lowest BCUT2D eigenvalue weighted by molar-refractivity contribution is 0.220. The van der Waals surface area contributed by atoms with Gasteiger partial charge < -0.3 is 10.4 Å². The third-order valence-electron chi connectivity index (χ3n) is 4.49. The van der Waals surface area contributed by atoms with Gasteiger partial charge in [-0.15, -0.1) is 0 Å². The molecule has 0 spiro atoms. The third kappa shape index (κ3) is 2.27. The van der Waals surface area contributed by atoms with Crippen molar-refractivity contribution in [3.8, 4) is 0 Å². The minimum Gasteiger partial charge on any atom is -0.396 e. The van der Waals surface area contributed by atoms with Gasteiger partial charge in [0.1, 0.15) is 0 Å². The number of hydrogen-bond acceptors (Lipinski definition) is 3. The van der Waals surface area contributed by atoms with Gasteiger partial charge in [0.25, 0.3) is 0 Å². The van der Waals surface area contributed by atoms with Gasteiger partial charge in [0.05, 0.1) is 12.1 Å². The summed E-state index contributed by atoms with van der Waals surface area (Å²) in [6, 6.07) is 8.27. The first kappa shape index (κ1) is 13.4. The van der Waals surface area contributed by atoms with Gasteiger partial charge in [0, 0.05) is 28.7 Å². The lowest BCUT2D eigenvalue weighted by atomic mass is 10.0. The van der Waals surface area contributed by atoms with Crippen molar-refractivity contribution in [3.63, 3.8) is 0 Å². The Morgan fingerprint density at radius 2 is 2.05 bits per heavy atom. The van der Waals surface area contributed by atoms with Crippen molar-refractivity contribution in [2.75, 3.05) is 18.5 Å². The zero-order valence-electron chi connectivity index (χ0n) is 12.2. The Morgan fingerprint density at radius 3 is 2.70 bits per heavy atom. The summed E-state index contributed by atoms with van der Waals surface area (Å²) in [4.78, 5) is 4.70. The highest BCUT2D eigenvalue weighted by molar-refractivity contribution is 5.93. The van der Waals surface area contributed by atoms with Crippen LogP contribution in [0.1, 0.15) is 31.0 Å². The van der Waals surface area contributed by atoms with Crippen LogP contribution in [0.5, 0.6) is 0 Å². The van der Waals surface area contributed by atoms with Crippen LogP contribution >= 0.6 is 0 Å². The molecular weight excluding hydrogens is 248 g/mol. The number of aliphatic hydroxyl groups is 1. The first-order chi connectivity index (χ1) is 9.69. The van der Waals surface area contributed by atoms with Crippen LogP contribution in [0.4, 0.5) is 5.69 Å². The van der Waals surface area contributed by atoms with E-state index in [4.69, 9.17) is 4.98 Å². The maximum Gasteiger partial charge on any atom is 0.0726 e. The van der Waals surface area contributed by atoms with E-state index in [0.29, 0.717) is 0 Å². The van der Waals surface area contributed by atoms with Crippen molar-refractivity contribution in [2.24, 2.45) is 5.41 Å². The molecule has 1 saturated carbocycles. The summed E-state index contributed by atoms with van der Waals surface area (Å²) in [7, 11) is 0. The van der Waals surface area contributed by atoms with E-state index in [-0.39, 0.29) is 12.0 Å². The van der Waals surface area contributed by atoms with Crippen LogP contribution in [-0.4, -0.2) is 23.2 Å². The number of aryl methyl sites for hydroxylation is 1. The summed E-state index contributed by atoms with van der Waals surface area (Å²) >= 11 is 0. The van der Waals surface area contributed by atoms with Crippen molar-refractivity contribution >= 4 is 16.6 Å². The van der Waals surface area contributed by atoms with E-state index in [1.165, 1.54) is 16.6 Å². The quantitative estimate of drug-likeness (QED) is 0.876. The SMILES string of the molecule is CCc1c(C)nc2ccccc2c1NCC1(CO)CC1. The molecule has 0 aliphatic heterocycles. The van der Waals surface area contributed by atoms with Gasteiger partial charge in [-0.3, -0.25) is 4.98 Å². The van der Waals surface area contributed by atoms with Crippen molar-refractivity contribution in [1.29, 1.82) is 0 Å². The van der Waals surface area contributed by atoms with Crippen LogP contribution in [0.2, 0.25) is 0 Å². The number of nitrogens with one attached hydrogen (secondary N) is 1. The fraction of sp³-hybridized carbons (Fsp3) is 0.471. The van der Waals surface area contributed by atoms with Crippen molar-refractivity contribution in [3.05, 3.63) is 35.5 Å². The third-order valence-corrected chi connectivity index (χ3v) is 4.49. The minimum absolute atomic E-state index is 0.114. The molecule has 0 radical (unpaired) electrons. The Labute approximate surface area is 120 Å². The molecule has 1 aromatic heterocycles. The molecule has 2 aromatic rings. The van der Waals surface area contributed by atoms with E-state index in [0.717, 1.165) is 37.0 Å². The molecule has 0 saturated heterocycles. The van der Waals surface area contributed by atoms with Gasteiger partial charge >= 0.3 is 0 Å². The molecule has 1 fully saturated rings. The van der Waals surface area contributed by atoms with Gasteiger partial charge in [0.2, 0.25) is 0 Å². The zero-order valence-corrected chi connectivity index (χ0v) is 12.2. The van der Waals surface area contributed by atoms with E-state index in [9.17, 15) is 5.11 Å². The fourth-order valence-electron chi connectivity index (χ4n) is 2.85. The Kier molecular flexibility index (Phi) is 3.38. The standard InChI is InChI=1S/C17H22N2O/c1-3-13-12(2)19-15-7-5-4-6-14(15)16(13)18-10-17(11-20)8-9-17/h4-7,20H,3,8-11H2,1-2H3,(H,18,19). The highest BCUT2D eigenvalue weighted by atomic mass is 16.3. The maximum atomic E-state index is 9.48. The number of aliphatic hydroxyl groups excluding tert-OH is 1. The average molecular weight is 270 g/mol. The minimum atomic E-state index is 0.114. The van der Waals surface area contributed by atoms with Crippen LogP contribution < -0.4 is 5.32 Å². The predicted octanol–water partition coefficient (Wildman–Crippen LogP) is 3.29. The Hall–Kier alpha value is -1.61. The summed E-state index contributed by atoms with van der Waals surface area (Å²) < 4.78 is 0. The second-order valence-electron chi connectivity index (χ2n) is 5.93. The molecule has 3 nitrogen and oxygen atoms in total. The second kappa shape index (κ2) is 5.06. The number of anilines is 1. The molecule has 0 bridgehead atoms. The topological polar surface area (TPSA) is 45.2 Å². The van der Waals surface area contributed by atoms with Gasteiger partial charge in [-0.2, -0.15) is 0 Å². The molecule has 1 heterocycles. The highest BCUT2D eigenvalue weighted by Gasteiger charge is 2.41. The van der Waals surface area contributed by atoms with Crippen molar-refractivity contribution in [2.45, 2.75) is 33.1 Å². The number of fused-ring (bicyclic) bond motifs is 1. The number of nitrogens with zero attached hydrogens (tertiary/aromatic N) is 1. The molecule has 0 atom stereocenters. The number of benzene rings is 1. The van der Waals surface area contributed by atoms with Gasteiger partial charge in [-0.25, -0.2) is 0 Å². The van der Waals surface area contributed by atoms with E-state index in [2.05, 4.69) is 37.4 Å². The molecule has 20 heavy (non-hydrogen) atoms. The lowest BCUT2D eigenvalue weighted by Crippen LogP contribution is -2.20. The molecule has 0 unspecified atom stereocenters. The summed E-state index contributed by atoms with van der Waals surface area (Å²) in [5.74, 6) is 0. The average Bonchev–Trinajstić information content (AvgIpc) is 3.25. The fourth-order valence-corrected chi connectivity index (χ4v) is 2.85. The molecule has 0 amide bonds. The Balaban J connectivity index is 2.02. The van der Waals surface area contributed by atoms with E-state index in [1.54, 1.807) is 0 Å². The maximum absolute atomic E-state index is 9.48. The molecular formula is C17H22N2O. The summed E-state index contributed by atoms with van der Waals surface area (Å²) in [5.41, 5.74) is 4.75. The zero-order chi connectivity index (χ0) is 14.2. The van der Waals surface area contributed by atoms with Gasteiger partial charge in [-0.05, 0) is 37.8 Å². The molecule has 3 heteroatoms. The van der Waals surface area contributed by atoms with E-state index >= 15 is 0 Å². The van der Waals surface area contributed by atoms with Crippen LogP contribution in [0.25, 0.3) is 10.9 Å². The van der Waals surface area contributed by atoms with Crippen LogP contribution in [0.15, 0.2) is 24.3 Å². The second-order valence-corrected chi connectivity index (χ2v) is 5.93. The van der Waals surface area contributed by atoms with Crippen LogP contribution in [0.3, 0.4) is 0 Å². The van der Waals surface area contributed by atoms with Crippen LogP contribution in [-0.2, 0) is 6.42 Å². The number of para-hydroxylation sites is 1. The Morgan fingerprint density at radius 1 is 1.30 bits per heavy atom. The van der Waals surface area contributed by atoms with E-state index < -0.39 is 0 Å². The lowest BCUT2D eigenvalue weighted by Gasteiger charge is -2.19. The smallest absolute Gasteiger partial charge is 0.0726 e. The number of pyridine rings is 1. The molecule has 3 rings (SSSR count). The Bertz CT molecular complexity index is 632. The molecule has 1 aliphatic carbocycles. The number of rotatable bonds is 5. The molecule has 1 aliphatic rings. The predicted molar refractivity (Wildman–Crippen MR) is 83.1 cm³/mol. The van der Waals surface area contributed by atoms with Crippen molar-refractivity contribution < 1.29 is 5.11 Å². The normalized spacial score (nSPS) is 16.4. The number of hydrogen-bond donors (Lipinski definition) is 2. The van der Waals surface area contributed by atoms with Crippen molar-refractivity contribution in [1.82, 2.24) is 4.98 Å². The van der Waals surface area contributed by atoms with Crippen LogP contribution in [0, 0.1) is 12.3 Å².